The monoisotopic (exact) mass is 187 g/mol. The molecule has 0 spiro atoms. The van der Waals surface area contributed by atoms with Crippen molar-refractivity contribution in [1.29, 1.82) is 0 Å². The quantitative estimate of drug-likeness (QED) is 0.737. The van der Waals surface area contributed by atoms with Crippen LogP contribution in [0.15, 0.2) is 18.2 Å². The highest BCUT2D eigenvalue weighted by atomic mass is 19.3. The first-order valence-corrected chi connectivity index (χ1v) is 3.84. The van der Waals surface area contributed by atoms with E-state index in [0.29, 0.717) is 5.56 Å². The molecule has 0 bridgehead atoms. The van der Waals surface area contributed by atoms with Crippen LogP contribution in [0.4, 0.5) is 8.78 Å². The first-order chi connectivity index (χ1) is 6.15. The molecule has 0 atom stereocenters. The molecule has 13 heavy (non-hydrogen) atoms. The fraction of sp³-hybridized carbons (Fsp3) is 0.333. The predicted molar refractivity (Wildman–Crippen MR) is 45.1 cm³/mol. The lowest BCUT2D eigenvalue weighted by Gasteiger charge is -2.06. The Morgan fingerprint density at radius 2 is 2.15 bits per heavy atom. The van der Waals surface area contributed by atoms with Gasteiger partial charge in [-0.1, -0.05) is 12.1 Å². The summed E-state index contributed by atoms with van der Waals surface area (Å²) in [5.74, 6) is 4.87. The molecule has 1 rings (SSSR count). The summed E-state index contributed by atoms with van der Waals surface area (Å²) in [6, 6.07) is 4.45. The lowest BCUT2D eigenvalue weighted by Crippen LogP contribution is -2.01. The van der Waals surface area contributed by atoms with E-state index < -0.39 is 6.43 Å². The smallest absolute Gasteiger partial charge is 0.263 e. The van der Waals surface area contributed by atoms with E-state index in [-0.39, 0.29) is 12.2 Å². The van der Waals surface area contributed by atoms with Crippen LogP contribution in [0.25, 0.3) is 0 Å². The Hall–Kier alpha value is -1.00. The van der Waals surface area contributed by atoms with Crippen LogP contribution in [0.1, 0.15) is 23.1 Å². The number of hydrogen-bond acceptors (Lipinski definition) is 2. The van der Waals surface area contributed by atoms with E-state index >= 15 is 0 Å². The fourth-order valence-electron chi connectivity index (χ4n) is 1.07. The first-order valence-electron chi connectivity index (χ1n) is 3.84. The molecule has 0 amide bonds. The van der Waals surface area contributed by atoms with Crippen LogP contribution in [-0.4, -0.2) is 0 Å². The summed E-state index contributed by atoms with van der Waals surface area (Å²) in [7, 11) is 0. The topological polar surface area (TPSA) is 35.2 Å². The van der Waals surface area contributed by atoms with Gasteiger partial charge in [0.1, 0.15) is 0 Å². The van der Waals surface area contributed by atoms with E-state index in [9.17, 15) is 8.78 Å². The summed E-state index contributed by atoms with van der Waals surface area (Å²) >= 11 is 0. The molecule has 72 valence electrons. The molecule has 0 radical (unpaired) electrons. The summed E-state index contributed by atoms with van der Waals surface area (Å²) in [4.78, 5) is 4.40. The Morgan fingerprint density at radius 1 is 1.46 bits per heavy atom. The third kappa shape index (κ3) is 2.47. The molecule has 0 aliphatic rings. The second-order valence-corrected chi connectivity index (χ2v) is 2.80. The van der Waals surface area contributed by atoms with Crippen LogP contribution in [0.3, 0.4) is 0 Å². The van der Waals surface area contributed by atoms with E-state index in [4.69, 9.17) is 5.90 Å². The highest BCUT2D eigenvalue weighted by molar-refractivity contribution is 5.31. The average Bonchev–Trinajstić information content (AvgIpc) is 2.08. The zero-order chi connectivity index (χ0) is 9.84. The number of benzene rings is 1. The molecule has 1 aromatic rings. The molecule has 0 saturated carbocycles. The third-order valence-corrected chi connectivity index (χ3v) is 1.86. The zero-order valence-corrected chi connectivity index (χ0v) is 7.26. The van der Waals surface area contributed by atoms with Gasteiger partial charge in [-0.05, 0) is 24.1 Å². The van der Waals surface area contributed by atoms with Gasteiger partial charge in [-0.3, -0.25) is 4.84 Å². The van der Waals surface area contributed by atoms with Crippen molar-refractivity contribution in [3.8, 4) is 0 Å². The van der Waals surface area contributed by atoms with Crippen LogP contribution in [0.5, 0.6) is 0 Å². The maximum Gasteiger partial charge on any atom is 0.263 e. The van der Waals surface area contributed by atoms with Crippen molar-refractivity contribution >= 4 is 0 Å². The molecule has 4 heteroatoms. The second kappa shape index (κ2) is 4.30. The molecule has 2 N–H and O–H groups in total. The summed E-state index contributed by atoms with van der Waals surface area (Å²) in [5.41, 5.74) is 1.59. The van der Waals surface area contributed by atoms with Gasteiger partial charge in [0.15, 0.2) is 0 Å². The molecule has 2 nitrogen and oxygen atoms in total. The van der Waals surface area contributed by atoms with Gasteiger partial charge in [-0.15, -0.1) is 0 Å². The van der Waals surface area contributed by atoms with Crippen LogP contribution in [0.2, 0.25) is 0 Å². The van der Waals surface area contributed by atoms with Crippen LogP contribution < -0.4 is 5.90 Å². The van der Waals surface area contributed by atoms with E-state index in [0.717, 1.165) is 5.56 Å². The van der Waals surface area contributed by atoms with Crippen molar-refractivity contribution < 1.29 is 13.6 Å². The van der Waals surface area contributed by atoms with Crippen molar-refractivity contribution in [2.75, 3.05) is 0 Å². The summed E-state index contributed by atoms with van der Waals surface area (Å²) in [5, 5.41) is 0. The minimum Gasteiger partial charge on any atom is -0.300 e. The number of alkyl halides is 2. The Balaban J connectivity index is 2.97. The maximum atomic E-state index is 12.2. The molecular formula is C9H11F2NO. The van der Waals surface area contributed by atoms with E-state index in [2.05, 4.69) is 4.84 Å². The third-order valence-electron chi connectivity index (χ3n) is 1.86. The first kappa shape index (κ1) is 10.1. The van der Waals surface area contributed by atoms with Crippen LogP contribution in [-0.2, 0) is 11.4 Å². The van der Waals surface area contributed by atoms with Gasteiger partial charge in [0, 0.05) is 5.56 Å². The maximum absolute atomic E-state index is 12.2. The Kier molecular flexibility index (Phi) is 3.33. The van der Waals surface area contributed by atoms with Crippen LogP contribution >= 0.6 is 0 Å². The number of halogens is 2. The van der Waals surface area contributed by atoms with Gasteiger partial charge in [0.25, 0.3) is 6.43 Å². The molecule has 0 heterocycles. The molecule has 0 fully saturated rings. The van der Waals surface area contributed by atoms with Crippen molar-refractivity contribution in [2.45, 2.75) is 20.0 Å². The van der Waals surface area contributed by atoms with Gasteiger partial charge >= 0.3 is 0 Å². The second-order valence-electron chi connectivity index (χ2n) is 2.80. The van der Waals surface area contributed by atoms with Gasteiger partial charge in [0.05, 0.1) is 6.61 Å². The number of aryl methyl sites for hydroxylation is 1. The van der Waals surface area contributed by atoms with Crippen molar-refractivity contribution in [3.63, 3.8) is 0 Å². The van der Waals surface area contributed by atoms with Crippen LogP contribution in [0, 0.1) is 6.92 Å². The zero-order valence-electron chi connectivity index (χ0n) is 7.26. The summed E-state index contributed by atoms with van der Waals surface area (Å²) in [6.45, 7) is 1.98. The van der Waals surface area contributed by atoms with Gasteiger partial charge in [0.2, 0.25) is 0 Å². The molecule has 0 unspecified atom stereocenters. The molecule has 1 aromatic carbocycles. The lowest BCUT2D eigenvalue weighted by molar-refractivity contribution is 0.122. The average molecular weight is 187 g/mol. The highest BCUT2D eigenvalue weighted by Gasteiger charge is 2.08. The normalized spacial score (nSPS) is 10.8. The number of hydrogen-bond donors (Lipinski definition) is 1. The number of nitrogens with two attached hydrogens (primary N) is 1. The van der Waals surface area contributed by atoms with Crippen molar-refractivity contribution in [2.24, 2.45) is 5.90 Å². The SMILES string of the molecule is Cc1ccc(C(F)F)cc1CON. The Labute approximate surface area is 75.3 Å². The molecule has 0 aliphatic carbocycles. The predicted octanol–water partition coefficient (Wildman–Crippen LogP) is 2.32. The minimum atomic E-state index is -2.45. The van der Waals surface area contributed by atoms with E-state index in [1.54, 1.807) is 6.07 Å². The van der Waals surface area contributed by atoms with E-state index in [1.165, 1.54) is 12.1 Å². The fourth-order valence-corrected chi connectivity index (χ4v) is 1.07. The van der Waals surface area contributed by atoms with Crippen molar-refractivity contribution in [1.82, 2.24) is 0 Å². The summed E-state index contributed by atoms with van der Waals surface area (Å²) in [6.07, 6.45) is -2.45. The van der Waals surface area contributed by atoms with Gasteiger partial charge in [-0.25, -0.2) is 14.7 Å². The lowest BCUT2D eigenvalue weighted by atomic mass is 10.1. The van der Waals surface area contributed by atoms with Gasteiger partial charge < -0.3 is 0 Å². The molecule has 0 aromatic heterocycles. The molecule has 0 saturated heterocycles. The summed E-state index contributed by atoms with van der Waals surface area (Å²) < 4.78 is 24.5. The minimum absolute atomic E-state index is 0.00218. The molecule has 0 aliphatic heterocycles. The largest absolute Gasteiger partial charge is 0.300 e. The van der Waals surface area contributed by atoms with Gasteiger partial charge in [-0.2, -0.15) is 0 Å². The Bertz CT molecular complexity index is 289. The van der Waals surface area contributed by atoms with E-state index in [1.807, 2.05) is 6.92 Å². The number of rotatable bonds is 3. The van der Waals surface area contributed by atoms with Crippen molar-refractivity contribution in [3.05, 3.63) is 34.9 Å². The molecular weight excluding hydrogens is 176 g/mol. The Morgan fingerprint density at radius 3 is 2.69 bits per heavy atom. The highest BCUT2D eigenvalue weighted by Crippen LogP contribution is 2.21. The standard InChI is InChI=1S/C9H11F2NO/c1-6-2-3-7(9(10)11)4-8(6)5-13-12/h2-4,9H,5,12H2,1H3.